The van der Waals surface area contributed by atoms with Crippen molar-refractivity contribution in [2.45, 2.75) is 10.5 Å². The number of benzene rings is 3. The van der Waals surface area contributed by atoms with Gasteiger partial charge in [0, 0.05) is 39.8 Å². The van der Waals surface area contributed by atoms with Gasteiger partial charge in [0.05, 0.1) is 5.56 Å². The van der Waals surface area contributed by atoms with Crippen LogP contribution >= 0.6 is 11.8 Å². The van der Waals surface area contributed by atoms with E-state index in [1.165, 1.54) is 11.8 Å². The Kier molecular flexibility index (Phi) is 4.81. The second kappa shape index (κ2) is 8.11. The number of Topliss-reactive ketones (excluding diaryl/α,β-unsaturated/α-hetero) is 1. The standard InChI is InChI=1S/C26H18N4O2S/c31-23(19-14-27-21-12-6-4-10-17(19)21)24(16-8-2-1-3-9-16)33-26-30-29-25(32-26)20-15-28-22-13-7-5-11-18(20)22/h1-15,24,27-28H. The van der Waals surface area contributed by atoms with E-state index in [4.69, 9.17) is 4.42 Å². The van der Waals surface area contributed by atoms with Gasteiger partial charge in [-0.2, -0.15) is 0 Å². The molecule has 3 aromatic heterocycles. The molecule has 33 heavy (non-hydrogen) atoms. The van der Waals surface area contributed by atoms with E-state index in [1.54, 1.807) is 6.20 Å². The number of aromatic amines is 2. The number of ketones is 1. The van der Waals surface area contributed by atoms with Gasteiger partial charge >= 0.3 is 0 Å². The number of fused-ring (bicyclic) bond motifs is 2. The fourth-order valence-electron chi connectivity index (χ4n) is 4.03. The number of nitrogens with zero attached hydrogens (tertiary/aromatic N) is 2. The van der Waals surface area contributed by atoms with Crippen LogP contribution in [-0.2, 0) is 0 Å². The predicted octanol–water partition coefficient (Wildman–Crippen LogP) is 6.42. The number of rotatable bonds is 6. The molecule has 7 heteroatoms. The smallest absolute Gasteiger partial charge is 0.277 e. The summed E-state index contributed by atoms with van der Waals surface area (Å²) >= 11 is 1.27. The van der Waals surface area contributed by atoms with Gasteiger partial charge in [-0.3, -0.25) is 4.79 Å². The maximum absolute atomic E-state index is 13.7. The van der Waals surface area contributed by atoms with Gasteiger partial charge in [0.25, 0.3) is 11.1 Å². The quantitative estimate of drug-likeness (QED) is 0.226. The van der Waals surface area contributed by atoms with Crippen molar-refractivity contribution in [3.8, 4) is 11.5 Å². The van der Waals surface area contributed by atoms with Crippen molar-refractivity contribution >= 4 is 39.4 Å². The Balaban J connectivity index is 1.37. The number of hydrogen-bond donors (Lipinski definition) is 2. The summed E-state index contributed by atoms with van der Waals surface area (Å²) in [7, 11) is 0. The Bertz CT molecular complexity index is 1580. The van der Waals surface area contributed by atoms with Gasteiger partial charge in [0.1, 0.15) is 5.25 Å². The predicted molar refractivity (Wildman–Crippen MR) is 129 cm³/mol. The second-order valence-electron chi connectivity index (χ2n) is 7.64. The minimum Gasteiger partial charge on any atom is -0.411 e. The summed E-state index contributed by atoms with van der Waals surface area (Å²) in [6.45, 7) is 0. The molecule has 0 radical (unpaired) electrons. The average molecular weight is 451 g/mol. The van der Waals surface area contributed by atoms with Crippen molar-refractivity contribution in [2.24, 2.45) is 0 Å². The molecular formula is C26H18N4O2S. The van der Waals surface area contributed by atoms with Crippen LogP contribution in [0.3, 0.4) is 0 Å². The van der Waals surface area contributed by atoms with Crippen molar-refractivity contribution in [3.05, 3.63) is 102 Å². The molecule has 2 N–H and O–H groups in total. The summed E-state index contributed by atoms with van der Waals surface area (Å²) in [4.78, 5) is 20.1. The summed E-state index contributed by atoms with van der Waals surface area (Å²) in [5, 5.41) is 10.2. The number of H-pyrrole nitrogens is 2. The third kappa shape index (κ3) is 3.52. The van der Waals surface area contributed by atoms with Crippen LogP contribution < -0.4 is 0 Å². The lowest BCUT2D eigenvalue weighted by atomic mass is 10.0. The number of thioether (sulfide) groups is 1. The number of hydrogen-bond acceptors (Lipinski definition) is 5. The molecular weight excluding hydrogens is 432 g/mol. The van der Waals surface area contributed by atoms with Crippen molar-refractivity contribution in [1.82, 2.24) is 20.2 Å². The molecule has 3 heterocycles. The third-order valence-corrected chi connectivity index (χ3v) is 6.73. The van der Waals surface area contributed by atoms with E-state index in [1.807, 2.05) is 85.1 Å². The van der Waals surface area contributed by atoms with E-state index in [0.29, 0.717) is 16.7 Å². The lowest BCUT2D eigenvalue weighted by Gasteiger charge is -2.13. The number of carbonyl (C=O) groups is 1. The first kappa shape index (κ1) is 19.6. The van der Waals surface area contributed by atoms with E-state index < -0.39 is 5.25 Å². The normalized spacial score (nSPS) is 12.4. The Morgan fingerprint density at radius 2 is 1.45 bits per heavy atom. The molecule has 0 amide bonds. The highest BCUT2D eigenvalue weighted by Gasteiger charge is 2.28. The molecule has 0 saturated heterocycles. The molecule has 0 fully saturated rings. The van der Waals surface area contributed by atoms with Crippen LogP contribution in [-0.4, -0.2) is 25.9 Å². The Labute approximate surface area is 193 Å². The van der Waals surface area contributed by atoms with Crippen LogP contribution in [0.15, 0.2) is 101 Å². The molecule has 6 aromatic rings. The van der Waals surface area contributed by atoms with E-state index >= 15 is 0 Å². The third-order valence-electron chi connectivity index (χ3n) is 5.64. The van der Waals surface area contributed by atoms with Crippen molar-refractivity contribution in [1.29, 1.82) is 0 Å². The molecule has 0 aliphatic rings. The van der Waals surface area contributed by atoms with Crippen LogP contribution in [0.2, 0.25) is 0 Å². The number of para-hydroxylation sites is 2. The lowest BCUT2D eigenvalue weighted by molar-refractivity contribution is 0.0990. The van der Waals surface area contributed by atoms with Crippen LogP contribution in [0.4, 0.5) is 0 Å². The zero-order valence-corrected chi connectivity index (χ0v) is 18.2. The maximum Gasteiger partial charge on any atom is 0.277 e. The van der Waals surface area contributed by atoms with Gasteiger partial charge in [0.15, 0.2) is 5.78 Å². The van der Waals surface area contributed by atoms with Gasteiger partial charge in [-0.05, 0) is 29.5 Å². The summed E-state index contributed by atoms with van der Waals surface area (Å²) in [5.74, 6) is 0.400. The SMILES string of the molecule is O=C(c1c[nH]c2ccccc12)C(Sc1nnc(-c2c[nH]c3ccccc23)o1)c1ccccc1. The monoisotopic (exact) mass is 450 g/mol. The summed E-state index contributed by atoms with van der Waals surface area (Å²) < 4.78 is 6.00. The molecule has 6 nitrogen and oxygen atoms in total. The van der Waals surface area contributed by atoms with Crippen LogP contribution in [0.5, 0.6) is 0 Å². The van der Waals surface area contributed by atoms with E-state index in [2.05, 4.69) is 20.2 Å². The average Bonchev–Trinajstić information content (AvgIpc) is 3.60. The minimum atomic E-state index is -0.526. The number of aromatic nitrogens is 4. The first-order valence-electron chi connectivity index (χ1n) is 10.5. The van der Waals surface area contributed by atoms with Gasteiger partial charge in [-0.15, -0.1) is 10.2 Å². The van der Waals surface area contributed by atoms with Gasteiger partial charge in [-0.25, -0.2) is 0 Å². The summed E-state index contributed by atoms with van der Waals surface area (Å²) in [6, 6.07) is 25.4. The molecule has 3 aromatic carbocycles. The van der Waals surface area contributed by atoms with Crippen molar-refractivity contribution in [3.63, 3.8) is 0 Å². The zero-order valence-electron chi connectivity index (χ0n) is 17.4. The maximum atomic E-state index is 13.7. The largest absolute Gasteiger partial charge is 0.411 e. The van der Waals surface area contributed by atoms with Crippen molar-refractivity contribution < 1.29 is 9.21 Å². The van der Waals surface area contributed by atoms with Gasteiger partial charge < -0.3 is 14.4 Å². The van der Waals surface area contributed by atoms with E-state index in [0.717, 1.165) is 32.9 Å². The summed E-state index contributed by atoms with van der Waals surface area (Å²) in [5.41, 5.74) is 4.28. The molecule has 160 valence electrons. The highest BCUT2D eigenvalue weighted by molar-refractivity contribution is 8.00. The molecule has 6 rings (SSSR count). The van der Waals surface area contributed by atoms with Gasteiger partial charge in [-0.1, -0.05) is 66.7 Å². The Morgan fingerprint density at radius 3 is 2.27 bits per heavy atom. The van der Waals surface area contributed by atoms with Gasteiger partial charge in [0.2, 0.25) is 0 Å². The van der Waals surface area contributed by atoms with Crippen LogP contribution in [0.25, 0.3) is 33.3 Å². The summed E-state index contributed by atoms with van der Waals surface area (Å²) in [6.07, 6.45) is 3.63. The molecule has 0 aliphatic heterocycles. The molecule has 0 saturated carbocycles. The first-order valence-corrected chi connectivity index (χ1v) is 11.4. The molecule has 0 aliphatic carbocycles. The zero-order chi connectivity index (χ0) is 22.2. The van der Waals surface area contributed by atoms with Crippen LogP contribution in [0, 0.1) is 0 Å². The molecule has 0 spiro atoms. The minimum absolute atomic E-state index is 0.0181. The Hall–Kier alpha value is -4.10. The topological polar surface area (TPSA) is 87.6 Å². The highest BCUT2D eigenvalue weighted by Crippen LogP contribution is 2.39. The molecule has 1 unspecified atom stereocenters. The fourth-order valence-corrected chi connectivity index (χ4v) is 4.98. The number of carbonyl (C=O) groups excluding carboxylic acids is 1. The Morgan fingerprint density at radius 1 is 0.788 bits per heavy atom. The second-order valence-corrected chi connectivity index (χ2v) is 8.70. The fraction of sp³-hybridized carbons (Fsp3) is 0.0385. The lowest BCUT2D eigenvalue weighted by Crippen LogP contribution is -2.09. The molecule has 0 bridgehead atoms. The van der Waals surface area contributed by atoms with Crippen molar-refractivity contribution in [2.75, 3.05) is 0 Å². The van der Waals surface area contributed by atoms with E-state index in [-0.39, 0.29) is 5.78 Å². The number of nitrogens with one attached hydrogen (secondary N) is 2. The highest BCUT2D eigenvalue weighted by atomic mass is 32.2. The van der Waals surface area contributed by atoms with E-state index in [9.17, 15) is 4.79 Å². The van der Waals surface area contributed by atoms with Crippen LogP contribution in [0.1, 0.15) is 21.2 Å². The first-order chi connectivity index (χ1) is 16.3. The molecule has 1 atom stereocenters.